The molecule has 6 nitrogen and oxygen atoms in total. The maximum atomic E-state index is 10.8. The van der Waals surface area contributed by atoms with E-state index in [2.05, 4.69) is 49.2 Å². The molecule has 3 aromatic carbocycles. The first kappa shape index (κ1) is 21.9. The van der Waals surface area contributed by atoms with Crippen LogP contribution in [0.5, 0.6) is 11.5 Å². The second-order valence-corrected chi connectivity index (χ2v) is 7.21. The molecule has 3 rings (SSSR count). The Bertz CT molecular complexity index is 1040. The predicted molar refractivity (Wildman–Crippen MR) is 123 cm³/mol. The summed E-state index contributed by atoms with van der Waals surface area (Å²) in [6, 6.07) is 18.6. The Labute approximate surface area is 182 Å². The van der Waals surface area contributed by atoms with Gasteiger partial charge in [0.15, 0.2) is 11.5 Å². The molecule has 0 bridgehead atoms. The third-order valence-corrected chi connectivity index (χ3v) is 4.85. The number of non-ortho nitro benzene ring substituents is 1. The van der Waals surface area contributed by atoms with E-state index in [1.165, 1.54) is 17.7 Å². The average molecular weight is 418 g/mol. The Hall–Kier alpha value is -3.80. The molecule has 0 aliphatic carbocycles. The Morgan fingerprint density at radius 1 is 1.06 bits per heavy atom. The van der Waals surface area contributed by atoms with Crippen LogP contribution < -0.4 is 14.8 Å². The fourth-order valence-corrected chi connectivity index (χ4v) is 3.19. The number of methoxy groups -OCH3 is 1. The molecule has 0 atom stereocenters. The fraction of sp³-hybridized carbons (Fsp3) is 0.200. The monoisotopic (exact) mass is 418 g/mol. The lowest BCUT2D eigenvalue weighted by atomic mass is 10.0. The number of benzene rings is 3. The molecule has 6 heteroatoms. The van der Waals surface area contributed by atoms with Crippen LogP contribution in [0.3, 0.4) is 0 Å². The van der Waals surface area contributed by atoms with Gasteiger partial charge < -0.3 is 14.8 Å². The number of aryl methyl sites for hydroxylation is 1. The maximum absolute atomic E-state index is 10.8. The van der Waals surface area contributed by atoms with Gasteiger partial charge in [0.25, 0.3) is 5.69 Å². The van der Waals surface area contributed by atoms with Crippen molar-refractivity contribution in [2.24, 2.45) is 0 Å². The highest BCUT2D eigenvalue weighted by atomic mass is 16.6. The van der Waals surface area contributed by atoms with Crippen molar-refractivity contribution in [3.8, 4) is 11.5 Å². The molecule has 0 unspecified atom stereocenters. The lowest BCUT2D eigenvalue weighted by Crippen LogP contribution is -2.05. The quantitative estimate of drug-likeness (QED) is 0.255. The second kappa shape index (κ2) is 10.3. The number of nitro benzene ring substituents is 1. The number of hydrogen-bond donors (Lipinski definition) is 1. The number of hydrogen-bond acceptors (Lipinski definition) is 5. The summed E-state index contributed by atoms with van der Waals surface area (Å²) in [4.78, 5) is 10.4. The summed E-state index contributed by atoms with van der Waals surface area (Å²) in [6.45, 7) is 6.84. The topological polar surface area (TPSA) is 73.6 Å². The van der Waals surface area contributed by atoms with Gasteiger partial charge in [-0.2, -0.15) is 0 Å². The van der Waals surface area contributed by atoms with Gasteiger partial charge in [-0.15, -0.1) is 6.58 Å². The first-order valence-corrected chi connectivity index (χ1v) is 9.97. The number of nitro groups is 1. The molecule has 0 aliphatic heterocycles. The van der Waals surface area contributed by atoms with Crippen molar-refractivity contribution in [3.63, 3.8) is 0 Å². The molecule has 31 heavy (non-hydrogen) atoms. The van der Waals surface area contributed by atoms with Crippen LogP contribution >= 0.6 is 0 Å². The minimum Gasteiger partial charge on any atom is -0.493 e. The van der Waals surface area contributed by atoms with Gasteiger partial charge in [-0.3, -0.25) is 10.1 Å². The standard InChI is InChI=1S/C25H26N2O4/c1-4-5-21-14-20(16-26-22-10-6-18(2)7-11-22)15-24(30-3)25(21)31-17-19-8-12-23(13-9-19)27(28)29/h4,6-15,26H,1,5,16-17H2,2-3H3. The molecule has 0 fully saturated rings. The molecule has 0 aromatic heterocycles. The average Bonchev–Trinajstić information content (AvgIpc) is 2.78. The highest BCUT2D eigenvalue weighted by Crippen LogP contribution is 2.34. The van der Waals surface area contributed by atoms with E-state index in [1.807, 2.05) is 12.1 Å². The van der Waals surface area contributed by atoms with Crippen molar-refractivity contribution in [1.82, 2.24) is 0 Å². The molecule has 1 N–H and O–H groups in total. The molecule has 0 amide bonds. The summed E-state index contributed by atoms with van der Waals surface area (Å²) in [7, 11) is 1.61. The summed E-state index contributed by atoms with van der Waals surface area (Å²) in [5.74, 6) is 1.29. The maximum Gasteiger partial charge on any atom is 0.269 e. The summed E-state index contributed by atoms with van der Waals surface area (Å²) >= 11 is 0. The van der Waals surface area contributed by atoms with Gasteiger partial charge in [-0.05, 0) is 60.9 Å². The van der Waals surface area contributed by atoms with Gasteiger partial charge in [0.05, 0.1) is 12.0 Å². The molecular weight excluding hydrogens is 392 g/mol. The van der Waals surface area contributed by atoms with Crippen LogP contribution in [0.25, 0.3) is 0 Å². The molecule has 160 valence electrons. The van der Waals surface area contributed by atoms with Crippen molar-refractivity contribution in [1.29, 1.82) is 0 Å². The number of nitrogens with zero attached hydrogens (tertiary/aromatic N) is 1. The lowest BCUT2D eigenvalue weighted by Gasteiger charge is -2.17. The molecule has 0 saturated carbocycles. The minimum absolute atomic E-state index is 0.0547. The smallest absolute Gasteiger partial charge is 0.269 e. The Kier molecular flexibility index (Phi) is 7.27. The van der Waals surface area contributed by atoms with Crippen LogP contribution in [0.15, 0.2) is 73.3 Å². The van der Waals surface area contributed by atoms with E-state index < -0.39 is 4.92 Å². The van der Waals surface area contributed by atoms with E-state index >= 15 is 0 Å². The highest BCUT2D eigenvalue weighted by Gasteiger charge is 2.14. The van der Waals surface area contributed by atoms with Crippen LogP contribution in [-0.2, 0) is 19.6 Å². The molecule has 0 radical (unpaired) electrons. The van der Waals surface area contributed by atoms with Gasteiger partial charge >= 0.3 is 0 Å². The largest absolute Gasteiger partial charge is 0.493 e. The Balaban J connectivity index is 1.77. The second-order valence-electron chi connectivity index (χ2n) is 7.21. The summed E-state index contributed by atoms with van der Waals surface area (Å²) < 4.78 is 11.7. The van der Waals surface area contributed by atoms with Gasteiger partial charge in [0.2, 0.25) is 0 Å². The molecule has 0 spiro atoms. The minimum atomic E-state index is -0.417. The molecule has 3 aromatic rings. The van der Waals surface area contributed by atoms with Crippen LogP contribution in [0.1, 0.15) is 22.3 Å². The van der Waals surface area contributed by atoms with E-state index in [1.54, 1.807) is 19.2 Å². The van der Waals surface area contributed by atoms with Crippen molar-refractivity contribution in [2.45, 2.75) is 26.5 Å². The Morgan fingerprint density at radius 3 is 2.39 bits per heavy atom. The Morgan fingerprint density at radius 2 is 1.77 bits per heavy atom. The van der Waals surface area contributed by atoms with Gasteiger partial charge in [0, 0.05) is 29.9 Å². The number of anilines is 1. The lowest BCUT2D eigenvalue weighted by molar-refractivity contribution is -0.384. The number of nitrogens with one attached hydrogen (secondary N) is 1. The molecule has 0 heterocycles. The summed E-state index contributed by atoms with van der Waals surface area (Å²) in [6.07, 6.45) is 2.45. The fourth-order valence-electron chi connectivity index (χ4n) is 3.19. The van der Waals surface area contributed by atoms with Crippen LogP contribution in [0, 0.1) is 17.0 Å². The first-order chi connectivity index (χ1) is 15.0. The van der Waals surface area contributed by atoms with E-state index in [4.69, 9.17) is 9.47 Å². The predicted octanol–water partition coefficient (Wildman–Crippen LogP) is 5.83. The zero-order valence-electron chi connectivity index (χ0n) is 17.8. The van der Waals surface area contributed by atoms with Gasteiger partial charge in [-0.25, -0.2) is 0 Å². The number of rotatable bonds is 10. The van der Waals surface area contributed by atoms with Crippen molar-refractivity contribution in [3.05, 3.63) is 106 Å². The molecule has 0 saturated heterocycles. The van der Waals surface area contributed by atoms with Gasteiger partial charge in [-0.1, -0.05) is 23.8 Å². The zero-order chi connectivity index (χ0) is 22.2. The van der Waals surface area contributed by atoms with E-state index in [9.17, 15) is 10.1 Å². The zero-order valence-corrected chi connectivity index (χ0v) is 17.8. The first-order valence-electron chi connectivity index (χ1n) is 9.97. The van der Waals surface area contributed by atoms with Crippen LogP contribution in [0.4, 0.5) is 11.4 Å². The van der Waals surface area contributed by atoms with Crippen molar-refractivity contribution >= 4 is 11.4 Å². The molecular formula is C25H26N2O4. The van der Waals surface area contributed by atoms with E-state index in [0.29, 0.717) is 24.5 Å². The van der Waals surface area contributed by atoms with Crippen molar-refractivity contribution < 1.29 is 14.4 Å². The number of allylic oxidation sites excluding steroid dienone is 1. The highest BCUT2D eigenvalue weighted by molar-refractivity contribution is 5.52. The van der Waals surface area contributed by atoms with Crippen molar-refractivity contribution in [2.75, 3.05) is 12.4 Å². The van der Waals surface area contributed by atoms with Crippen LogP contribution in [0.2, 0.25) is 0 Å². The van der Waals surface area contributed by atoms with E-state index in [0.717, 1.165) is 22.4 Å². The summed E-state index contributed by atoms with van der Waals surface area (Å²) in [5.41, 5.74) is 5.19. The normalized spacial score (nSPS) is 10.4. The molecule has 0 aliphatic rings. The third-order valence-electron chi connectivity index (χ3n) is 4.85. The summed E-state index contributed by atoms with van der Waals surface area (Å²) in [5, 5.41) is 14.2. The van der Waals surface area contributed by atoms with Crippen LogP contribution in [-0.4, -0.2) is 12.0 Å². The SMILES string of the molecule is C=CCc1cc(CNc2ccc(C)cc2)cc(OC)c1OCc1ccc([N+](=O)[O-])cc1. The van der Waals surface area contributed by atoms with E-state index in [-0.39, 0.29) is 12.3 Å². The third kappa shape index (κ3) is 5.85. The number of ether oxygens (including phenoxy) is 2. The van der Waals surface area contributed by atoms with Gasteiger partial charge in [0.1, 0.15) is 6.61 Å².